The number of carboxylic acids is 5. The van der Waals surface area contributed by atoms with Crippen LogP contribution in [-0.2, 0) is 76.8 Å². The molecule has 0 unspecified atom stereocenters. The molecule has 16 N–H and O–H groups in total. The van der Waals surface area contributed by atoms with Gasteiger partial charge in [0.2, 0.25) is 41.4 Å². The van der Waals surface area contributed by atoms with Crippen LogP contribution in [-0.4, -0.2) is 162 Å². The van der Waals surface area contributed by atoms with Gasteiger partial charge in [-0.25, -0.2) is 4.79 Å². The van der Waals surface area contributed by atoms with Crippen LogP contribution in [0.15, 0.2) is 84.9 Å². The zero-order chi connectivity index (χ0) is 55.8. The number of phenols is 1. The van der Waals surface area contributed by atoms with E-state index in [0.717, 1.165) is 0 Å². The van der Waals surface area contributed by atoms with Crippen LogP contribution in [0.5, 0.6) is 5.75 Å². The van der Waals surface area contributed by atoms with E-state index in [9.17, 15) is 88.2 Å². The Labute approximate surface area is 426 Å². The van der Waals surface area contributed by atoms with Gasteiger partial charge >= 0.3 is 29.8 Å². The summed E-state index contributed by atoms with van der Waals surface area (Å²) in [6.45, 7) is -1.27. The van der Waals surface area contributed by atoms with Gasteiger partial charge in [-0.1, -0.05) is 72.8 Å². The first kappa shape index (κ1) is 60.3. The summed E-state index contributed by atoms with van der Waals surface area (Å²) in [4.78, 5) is 154. The molecule has 27 heteroatoms. The smallest absolute Gasteiger partial charge is 0.326 e. The van der Waals surface area contributed by atoms with Crippen LogP contribution in [0, 0.1) is 0 Å². The summed E-state index contributed by atoms with van der Waals surface area (Å²) in [7, 11) is 0. The van der Waals surface area contributed by atoms with Gasteiger partial charge < -0.3 is 78.7 Å². The van der Waals surface area contributed by atoms with Crippen molar-refractivity contribution in [1.82, 2.24) is 37.2 Å². The molecule has 7 amide bonds. The molecule has 0 bridgehead atoms. The molecule has 3 rings (SSSR count). The monoisotopic (exact) mass is 1050 g/mol. The number of rotatable bonds is 32. The van der Waals surface area contributed by atoms with Crippen LogP contribution in [0.2, 0.25) is 0 Å². The van der Waals surface area contributed by atoms with Crippen LogP contribution in [0.1, 0.15) is 55.2 Å². The van der Waals surface area contributed by atoms with E-state index >= 15 is 0 Å². The highest BCUT2D eigenvalue weighted by Crippen LogP contribution is 2.14. The van der Waals surface area contributed by atoms with Crippen LogP contribution < -0.4 is 43.0 Å². The van der Waals surface area contributed by atoms with Crippen molar-refractivity contribution >= 4 is 71.2 Å². The van der Waals surface area contributed by atoms with E-state index in [-0.39, 0.29) is 24.2 Å². The number of hydrogen-bond donors (Lipinski definition) is 15. The normalized spacial score (nSPS) is 14.0. The molecule has 404 valence electrons. The van der Waals surface area contributed by atoms with Crippen LogP contribution in [0.25, 0.3) is 0 Å². The van der Waals surface area contributed by atoms with Crippen molar-refractivity contribution in [3.63, 3.8) is 0 Å². The minimum Gasteiger partial charge on any atom is -0.508 e. The van der Waals surface area contributed by atoms with Gasteiger partial charge in [0.1, 0.15) is 48.0 Å². The number of aliphatic hydroxyl groups excluding tert-OH is 1. The number of amides is 7. The molecule has 3 aromatic carbocycles. The highest BCUT2D eigenvalue weighted by molar-refractivity contribution is 5.99. The molecule has 0 heterocycles. The van der Waals surface area contributed by atoms with Gasteiger partial charge in [0, 0.05) is 25.7 Å². The molecule has 3 aromatic rings. The molecule has 8 atom stereocenters. The summed E-state index contributed by atoms with van der Waals surface area (Å²) >= 11 is 0. The van der Waals surface area contributed by atoms with Gasteiger partial charge in [0.05, 0.1) is 25.5 Å². The summed E-state index contributed by atoms with van der Waals surface area (Å²) < 4.78 is 0. The van der Waals surface area contributed by atoms with Crippen molar-refractivity contribution in [1.29, 1.82) is 0 Å². The van der Waals surface area contributed by atoms with Gasteiger partial charge in [-0.3, -0.25) is 52.7 Å². The average molecular weight is 1050 g/mol. The second-order valence-electron chi connectivity index (χ2n) is 16.9. The molecule has 0 aromatic heterocycles. The molecule has 0 aliphatic carbocycles. The molecule has 27 nitrogen and oxygen atoms in total. The second kappa shape index (κ2) is 30.1. The van der Waals surface area contributed by atoms with Crippen molar-refractivity contribution in [2.45, 2.75) is 106 Å². The first-order valence-corrected chi connectivity index (χ1v) is 22.9. The molecule has 75 heavy (non-hydrogen) atoms. The summed E-state index contributed by atoms with van der Waals surface area (Å²) in [5.74, 6) is -16.5. The Morgan fingerprint density at radius 3 is 1.15 bits per heavy atom. The molecule has 0 aliphatic rings. The number of hydrogen-bond acceptors (Lipinski definition) is 15. The summed E-state index contributed by atoms with van der Waals surface area (Å²) in [5, 5.41) is 82.8. The molecule has 0 saturated heterocycles. The van der Waals surface area contributed by atoms with Crippen molar-refractivity contribution in [2.75, 3.05) is 6.61 Å². The topological polar surface area (TPSA) is 457 Å². The van der Waals surface area contributed by atoms with Crippen LogP contribution in [0.4, 0.5) is 0 Å². The lowest BCUT2D eigenvalue weighted by atomic mass is 10.0. The lowest BCUT2D eigenvalue weighted by molar-refractivity contribution is -0.144. The minimum absolute atomic E-state index is 0.000921. The van der Waals surface area contributed by atoms with Crippen molar-refractivity contribution in [3.05, 3.63) is 102 Å². The highest BCUT2D eigenvalue weighted by Gasteiger charge is 2.36. The number of carbonyl (C=O) groups is 12. The fraction of sp³-hybridized carbons (Fsp3) is 0.375. The molecule has 0 spiro atoms. The number of carboxylic acid groups (broad SMARTS) is 5. The van der Waals surface area contributed by atoms with Gasteiger partial charge in [0.15, 0.2) is 0 Å². The number of phenolic OH excluding ortho intramolecular Hbond substituents is 1. The molecular formula is C48H58N8O19. The van der Waals surface area contributed by atoms with E-state index in [2.05, 4.69) is 31.9 Å². The Hall–Kier alpha value is -8.98. The van der Waals surface area contributed by atoms with E-state index in [1.807, 2.05) is 5.32 Å². The third kappa shape index (κ3) is 21.7. The zero-order valence-electron chi connectivity index (χ0n) is 39.9. The van der Waals surface area contributed by atoms with Gasteiger partial charge in [-0.2, -0.15) is 0 Å². The predicted octanol–water partition coefficient (Wildman–Crippen LogP) is -3.10. The zero-order valence-corrected chi connectivity index (χ0v) is 39.9. The maximum atomic E-state index is 14.0. The Morgan fingerprint density at radius 1 is 0.387 bits per heavy atom. The molecular weight excluding hydrogens is 993 g/mol. The maximum Gasteiger partial charge on any atom is 0.326 e. The largest absolute Gasteiger partial charge is 0.508 e. The Balaban J connectivity index is 1.87. The number of benzene rings is 3. The van der Waals surface area contributed by atoms with Crippen molar-refractivity contribution < 1.29 is 93.3 Å². The van der Waals surface area contributed by atoms with Gasteiger partial charge in [0.25, 0.3) is 0 Å². The number of nitrogens with two attached hydrogens (primary N) is 1. The molecule has 0 saturated carbocycles. The third-order valence-corrected chi connectivity index (χ3v) is 10.9. The van der Waals surface area contributed by atoms with E-state index in [1.54, 1.807) is 48.5 Å². The van der Waals surface area contributed by atoms with E-state index < -0.39 is 171 Å². The fourth-order valence-corrected chi connectivity index (χ4v) is 7.03. The van der Waals surface area contributed by atoms with Crippen LogP contribution in [0.3, 0.4) is 0 Å². The van der Waals surface area contributed by atoms with E-state index in [1.165, 1.54) is 36.4 Å². The first-order chi connectivity index (χ1) is 35.4. The number of nitrogens with one attached hydrogen (secondary N) is 7. The number of carbonyl (C=O) groups excluding carboxylic acids is 7. The summed E-state index contributed by atoms with van der Waals surface area (Å²) in [6, 6.07) is 7.16. The highest BCUT2D eigenvalue weighted by atomic mass is 16.4. The first-order valence-electron chi connectivity index (χ1n) is 22.9. The van der Waals surface area contributed by atoms with Crippen LogP contribution >= 0.6 is 0 Å². The predicted molar refractivity (Wildman–Crippen MR) is 257 cm³/mol. The van der Waals surface area contributed by atoms with E-state index in [4.69, 9.17) is 10.8 Å². The second-order valence-corrected chi connectivity index (χ2v) is 16.9. The van der Waals surface area contributed by atoms with Gasteiger partial charge in [-0.15, -0.1) is 0 Å². The fourth-order valence-electron chi connectivity index (χ4n) is 7.03. The lowest BCUT2D eigenvalue weighted by Gasteiger charge is -2.27. The SMILES string of the molecule is N[C@@H](Cc1ccccc1)C(=O)N[C@@H](CC(=O)O)C(=O)N[C@@H](Cc1ccccc1)C(=O)N[C@@H](CC(=O)O)C(=O)N[C@@H](CO)C(=O)N[C@@H](CCC(=O)O)C(=O)N[C@@H](Cc1ccc(O)cc1)C(=O)N[C@@H](CCC(=O)O)C(=O)O. The van der Waals surface area contributed by atoms with Crippen molar-refractivity contribution in [2.24, 2.45) is 5.73 Å². The molecule has 0 radical (unpaired) electrons. The lowest BCUT2D eigenvalue weighted by Crippen LogP contribution is -2.61. The standard InChI is InChI=1S/C48H58N8O19/c49-29(19-25-7-3-1-4-8-25)41(67)52-34(22-39(63)64)45(71)54-32(20-26-9-5-2-6-10-26)44(70)55-35(23-40(65)66)46(72)56-36(24-57)47(73)50-30(15-17-37(59)60)42(68)53-33(21-27-11-13-28(58)14-12-27)43(69)51-31(48(74)75)16-18-38(61)62/h1-14,29-36,57-58H,15-24,49H2,(H,50,73)(H,51,69)(H,52,67)(H,53,68)(H,54,71)(H,55,70)(H,56,72)(H,59,60)(H,61,62)(H,63,64)(H,65,66)(H,74,75)/t29-,30-,31-,32-,33-,34-,35-,36-/m0/s1. The van der Waals surface area contributed by atoms with Gasteiger partial charge in [-0.05, 0) is 48.1 Å². The Bertz CT molecular complexity index is 2510. The number of aliphatic hydroxyl groups is 1. The Morgan fingerprint density at radius 2 is 0.720 bits per heavy atom. The minimum atomic E-state index is -2.09. The Kier molecular flexibility index (Phi) is 24.2. The average Bonchev–Trinajstić information content (AvgIpc) is 3.35. The summed E-state index contributed by atoms with van der Waals surface area (Å²) in [6.07, 6.45) is -5.70. The molecule has 0 fully saturated rings. The van der Waals surface area contributed by atoms with Crippen molar-refractivity contribution in [3.8, 4) is 5.75 Å². The molecule has 0 aliphatic heterocycles. The third-order valence-electron chi connectivity index (χ3n) is 10.9. The van der Waals surface area contributed by atoms with E-state index in [0.29, 0.717) is 11.1 Å². The number of aliphatic carboxylic acids is 5. The number of aromatic hydroxyl groups is 1. The quantitative estimate of drug-likeness (QED) is 0.0294. The summed E-state index contributed by atoms with van der Waals surface area (Å²) in [5.41, 5.74) is 7.37. The maximum absolute atomic E-state index is 14.0.